The smallest absolute Gasteiger partial charge is 0.330 e. The lowest BCUT2D eigenvalue weighted by atomic mass is 10.0. The lowest BCUT2D eigenvalue weighted by Crippen LogP contribution is -2.48. The lowest BCUT2D eigenvalue weighted by Gasteiger charge is -2.27. The van der Waals surface area contributed by atoms with E-state index in [9.17, 15) is 18.0 Å². The lowest BCUT2D eigenvalue weighted by molar-refractivity contribution is -0.145. The van der Waals surface area contributed by atoms with E-state index in [4.69, 9.17) is 0 Å². The first-order valence-corrected chi connectivity index (χ1v) is 7.52. The summed E-state index contributed by atoms with van der Waals surface area (Å²) in [5.41, 5.74) is 0.0852. The van der Waals surface area contributed by atoms with Crippen molar-refractivity contribution in [2.24, 2.45) is 5.92 Å². The van der Waals surface area contributed by atoms with Crippen LogP contribution in [0.5, 0.6) is 0 Å². The van der Waals surface area contributed by atoms with E-state index in [2.05, 4.69) is 4.74 Å². The molecule has 20 heavy (non-hydrogen) atoms. The van der Waals surface area contributed by atoms with E-state index in [0.29, 0.717) is 4.31 Å². The molecular weight excluding hydrogens is 282 g/mol. The van der Waals surface area contributed by atoms with Gasteiger partial charge in [0.05, 0.1) is 12.7 Å². The summed E-state index contributed by atoms with van der Waals surface area (Å²) in [4.78, 5) is 24.1. The number of rotatable bonds is 3. The van der Waals surface area contributed by atoms with Crippen molar-refractivity contribution in [1.29, 1.82) is 0 Å². The first-order valence-electron chi connectivity index (χ1n) is 6.08. The molecular formula is C13H15NO5S. The van der Waals surface area contributed by atoms with Gasteiger partial charge in [0.1, 0.15) is 10.9 Å². The minimum atomic E-state index is -4.01. The molecule has 1 heterocycles. The highest BCUT2D eigenvalue weighted by atomic mass is 32.2. The molecule has 6 nitrogen and oxygen atoms in total. The highest BCUT2D eigenvalue weighted by Gasteiger charge is 2.48. The van der Waals surface area contributed by atoms with Gasteiger partial charge in [0.25, 0.3) is 15.9 Å². The monoisotopic (exact) mass is 297 g/mol. The molecule has 0 fully saturated rings. The third kappa shape index (κ3) is 1.98. The van der Waals surface area contributed by atoms with Crippen LogP contribution >= 0.6 is 0 Å². The number of amides is 1. The quantitative estimate of drug-likeness (QED) is 0.778. The maximum absolute atomic E-state index is 12.5. The van der Waals surface area contributed by atoms with Crippen LogP contribution in [-0.2, 0) is 19.6 Å². The normalized spacial score (nSPS) is 18.0. The van der Waals surface area contributed by atoms with Crippen molar-refractivity contribution < 1.29 is 22.7 Å². The van der Waals surface area contributed by atoms with Crippen LogP contribution in [0, 0.1) is 5.92 Å². The Kier molecular flexibility index (Phi) is 3.56. The average molecular weight is 297 g/mol. The predicted octanol–water partition coefficient (Wildman–Crippen LogP) is 1.03. The van der Waals surface area contributed by atoms with Gasteiger partial charge in [0.15, 0.2) is 0 Å². The van der Waals surface area contributed by atoms with Crippen LogP contribution in [-0.4, -0.2) is 37.8 Å². The standard InChI is InChI=1S/C13H15NO5S/c1-8(2)11(13(16)19-3)14-12(15)9-6-4-5-7-10(9)20(14,17)18/h4-8,11H,1-3H3/t11-/m0/s1. The van der Waals surface area contributed by atoms with Gasteiger partial charge in [-0.1, -0.05) is 26.0 Å². The second-order valence-corrected chi connectivity index (χ2v) is 6.60. The predicted molar refractivity (Wildman–Crippen MR) is 70.4 cm³/mol. The van der Waals surface area contributed by atoms with Gasteiger partial charge in [-0.25, -0.2) is 17.5 Å². The maximum atomic E-state index is 12.5. The summed E-state index contributed by atoms with van der Waals surface area (Å²) >= 11 is 0. The summed E-state index contributed by atoms with van der Waals surface area (Å²) in [5.74, 6) is -1.83. The number of esters is 1. The van der Waals surface area contributed by atoms with Gasteiger partial charge in [-0.2, -0.15) is 0 Å². The summed E-state index contributed by atoms with van der Waals surface area (Å²) in [7, 11) is -2.85. The number of sulfonamides is 1. The Morgan fingerprint density at radius 2 is 1.85 bits per heavy atom. The van der Waals surface area contributed by atoms with Gasteiger partial charge >= 0.3 is 5.97 Å². The van der Waals surface area contributed by atoms with E-state index in [0.717, 1.165) is 7.11 Å². The number of methoxy groups -OCH3 is 1. The van der Waals surface area contributed by atoms with Gasteiger partial charge in [-0.15, -0.1) is 0 Å². The Balaban J connectivity index is 2.60. The first-order chi connectivity index (χ1) is 9.32. The zero-order chi connectivity index (χ0) is 15.1. The molecule has 0 saturated heterocycles. The number of nitrogens with zero attached hydrogens (tertiary/aromatic N) is 1. The Morgan fingerprint density at radius 3 is 2.35 bits per heavy atom. The molecule has 7 heteroatoms. The first kappa shape index (κ1) is 14.5. The van der Waals surface area contributed by atoms with Crippen LogP contribution in [0.1, 0.15) is 24.2 Å². The van der Waals surface area contributed by atoms with Gasteiger partial charge in [0.2, 0.25) is 0 Å². The second kappa shape index (κ2) is 4.90. The highest BCUT2D eigenvalue weighted by Crippen LogP contribution is 2.33. The van der Waals surface area contributed by atoms with Crippen molar-refractivity contribution in [1.82, 2.24) is 4.31 Å². The van der Waals surface area contributed by atoms with Crippen LogP contribution in [0.25, 0.3) is 0 Å². The van der Waals surface area contributed by atoms with Crippen LogP contribution in [0.15, 0.2) is 29.2 Å². The van der Waals surface area contributed by atoms with Gasteiger partial charge in [-0.3, -0.25) is 4.79 Å². The number of fused-ring (bicyclic) bond motifs is 1. The fourth-order valence-corrected chi connectivity index (χ4v) is 4.08. The maximum Gasteiger partial charge on any atom is 0.330 e. The highest BCUT2D eigenvalue weighted by molar-refractivity contribution is 7.90. The number of benzene rings is 1. The molecule has 2 rings (SSSR count). The summed E-state index contributed by atoms with van der Waals surface area (Å²) < 4.78 is 30.2. The largest absolute Gasteiger partial charge is 0.467 e. The average Bonchev–Trinajstić information content (AvgIpc) is 2.60. The molecule has 0 unspecified atom stereocenters. The van der Waals surface area contributed by atoms with Crippen molar-refractivity contribution in [3.63, 3.8) is 0 Å². The molecule has 1 atom stereocenters. The van der Waals surface area contributed by atoms with Crippen molar-refractivity contribution in [3.05, 3.63) is 29.8 Å². The molecule has 0 radical (unpaired) electrons. The number of hydrogen-bond donors (Lipinski definition) is 0. The van der Waals surface area contributed by atoms with Crippen LogP contribution in [0.3, 0.4) is 0 Å². The topological polar surface area (TPSA) is 80.8 Å². The van der Waals surface area contributed by atoms with Crippen molar-refractivity contribution in [2.45, 2.75) is 24.8 Å². The Labute approximate surface area is 117 Å². The molecule has 0 saturated carbocycles. The van der Waals surface area contributed by atoms with Crippen molar-refractivity contribution >= 4 is 21.9 Å². The number of ether oxygens (including phenoxy) is 1. The molecule has 0 N–H and O–H groups in total. The SMILES string of the molecule is COC(=O)[C@H](C(C)C)N1C(=O)c2ccccc2S1(=O)=O. The van der Waals surface area contributed by atoms with E-state index in [1.54, 1.807) is 19.9 Å². The molecule has 0 bridgehead atoms. The number of carbonyl (C=O) groups is 2. The summed E-state index contributed by atoms with van der Waals surface area (Å²) in [5, 5.41) is 0. The molecule has 1 aromatic rings. The van der Waals surface area contributed by atoms with E-state index in [1.165, 1.54) is 18.2 Å². The second-order valence-electron chi connectivity index (χ2n) is 4.81. The fraction of sp³-hybridized carbons (Fsp3) is 0.385. The summed E-state index contributed by atoms with van der Waals surface area (Å²) in [6, 6.07) is 4.75. The number of hydrogen-bond acceptors (Lipinski definition) is 5. The molecule has 0 aromatic heterocycles. The van der Waals surface area contributed by atoms with E-state index in [-0.39, 0.29) is 10.5 Å². The Bertz CT molecular complexity index is 665. The van der Waals surface area contributed by atoms with Crippen molar-refractivity contribution in [2.75, 3.05) is 7.11 Å². The molecule has 108 valence electrons. The van der Waals surface area contributed by atoms with Gasteiger partial charge < -0.3 is 4.74 Å². The fourth-order valence-electron chi connectivity index (χ4n) is 2.24. The molecule has 1 aliphatic heterocycles. The van der Waals surface area contributed by atoms with E-state index < -0.39 is 33.9 Å². The molecule has 0 spiro atoms. The Morgan fingerprint density at radius 1 is 1.25 bits per heavy atom. The summed E-state index contributed by atoms with van der Waals surface area (Å²) in [6.07, 6.45) is 0. The number of carbonyl (C=O) groups excluding carboxylic acids is 2. The Hall–Kier alpha value is -1.89. The van der Waals surface area contributed by atoms with E-state index >= 15 is 0 Å². The van der Waals surface area contributed by atoms with E-state index in [1.807, 2.05) is 0 Å². The molecule has 1 aromatic carbocycles. The van der Waals surface area contributed by atoms with Crippen molar-refractivity contribution in [3.8, 4) is 0 Å². The van der Waals surface area contributed by atoms with Crippen LogP contribution in [0.2, 0.25) is 0 Å². The molecule has 1 aliphatic rings. The summed E-state index contributed by atoms with van der Waals surface area (Å²) in [6.45, 7) is 3.32. The van der Waals surface area contributed by atoms with Crippen LogP contribution in [0.4, 0.5) is 0 Å². The minimum absolute atomic E-state index is 0.0699. The minimum Gasteiger partial charge on any atom is -0.467 e. The molecule has 0 aliphatic carbocycles. The third-order valence-electron chi connectivity index (χ3n) is 3.18. The third-order valence-corrected chi connectivity index (χ3v) is 5.00. The van der Waals surface area contributed by atoms with Crippen LogP contribution < -0.4 is 0 Å². The molecule has 1 amide bonds. The zero-order valence-electron chi connectivity index (χ0n) is 11.4. The zero-order valence-corrected chi connectivity index (χ0v) is 12.2. The van der Waals surface area contributed by atoms with Gasteiger partial charge in [-0.05, 0) is 18.1 Å². The van der Waals surface area contributed by atoms with Gasteiger partial charge in [0, 0.05) is 0 Å².